The fourth-order valence-corrected chi connectivity index (χ4v) is 2.63. The molecule has 0 N–H and O–H groups in total. The van der Waals surface area contributed by atoms with Crippen LogP contribution in [0.1, 0.15) is 36.8 Å². The standard InChI is InChI=1S/C19H27N3O2/c1-19(2,3)14-22(18(23)17-10-12-20-21(17)4)13-11-15-6-8-16(24-5)9-7-15/h6-10,12H,11,13-14H2,1-5H3. The predicted molar refractivity (Wildman–Crippen MR) is 95.3 cm³/mol. The first-order chi connectivity index (χ1) is 11.3. The van der Waals surface area contributed by atoms with Crippen LogP contribution in [0.4, 0.5) is 0 Å². The van der Waals surface area contributed by atoms with Crippen molar-refractivity contribution in [3.05, 3.63) is 47.8 Å². The minimum Gasteiger partial charge on any atom is -0.497 e. The Morgan fingerprint density at radius 2 is 1.88 bits per heavy atom. The van der Waals surface area contributed by atoms with Crippen LogP contribution in [0.15, 0.2) is 36.5 Å². The molecule has 0 aliphatic carbocycles. The Labute approximate surface area is 144 Å². The number of nitrogens with zero attached hydrogens (tertiary/aromatic N) is 3. The maximum atomic E-state index is 12.9. The van der Waals surface area contributed by atoms with E-state index in [1.54, 1.807) is 31.1 Å². The molecule has 2 rings (SSSR count). The van der Waals surface area contributed by atoms with Gasteiger partial charge in [0.05, 0.1) is 7.11 Å². The zero-order valence-corrected chi connectivity index (χ0v) is 15.2. The summed E-state index contributed by atoms with van der Waals surface area (Å²) in [7, 11) is 3.46. The number of hydrogen-bond donors (Lipinski definition) is 0. The van der Waals surface area contributed by atoms with Crippen LogP contribution in [0.25, 0.3) is 0 Å². The summed E-state index contributed by atoms with van der Waals surface area (Å²) in [5.41, 5.74) is 1.84. The van der Waals surface area contributed by atoms with Crippen LogP contribution >= 0.6 is 0 Å². The molecule has 0 spiro atoms. The molecule has 0 saturated heterocycles. The van der Waals surface area contributed by atoms with Crippen LogP contribution in [-0.4, -0.2) is 40.8 Å². The van der Waals surface area contributed by atoms with Crippen LogP contribution in [0.3, 0.4) is 0 Å². The first kappa shape index (κ1) is 18.0. The molecule has 5 heteroatoms. The Morgan fingerprint density at radius 3 is 2.38 bits per heavy atom. The quantitative estimate of drug-likeness (QED) is 0.818. The van der Waals surface area contributed by atoms with Gasteiger partial charge in [0.15, 0.2) is 0 Å². The minimum atomic E-state index is 0.0263. The zero-order valence-electron chi connectivity index (χ0n) is 15.2. The molecule has 0 aliphatic rings. The summed E-state index contributed by atoms with van der Waals surface area (Å²) in [6.45, 7) is 7.80. The van der Waals surface area contributed by atoms with E-state index in [1.165, 1.54) is 5.56 Å². The lowest BCUT2D eigenvalue weighted by molar-refractivity contribution is 0.0686. The van der Waals surface area contributed by atoms with Crippen LogP contribution in [-0.2, 0) is 13.5 Å². The van der Waals surface area contributed by atoms with E-state index in [0.29, 0.717) is 18.8 Å². The highest BCUT2D eigenvalue weighted by Crippen LogP contribution is 2.18. The first-order valence-electron chi connectivity index (χ1n) is 8.20. The molecule has 0 saturated carbocycles. The van der Waals surface area contributed by atoms with E-state index in [1.807, 2.05) is 29.2 Å². The van der Waals surface area contributed by atoms with Gasteiger partial charge in [0.1, 0.15) is 11.4 Å². The van der Waals surface area contributed by atoms with Crippen LogP contribution in [0, 0.1) is 5.41 Å². The molecule has 0 bridgehead atoms. The van der Waals surface area contributed by atoms with Crippen LogP contribution in [0.2, 0.25) is 0 Å². The molecule has 2 aromatic rings. The Balaban J connectivity index is 2.11. The average molecular weight is 329 g/mol. The maximum absolute atomic E-state index is 12.9. The second-order valence-electron chi connectivity index (χ2n) is 7.23. The van der Waals surface area contributed by atoms with Crippen molar-refractivity contribution in [3.63, 3.8) is 0 Å². The fourth-order valence-electron chi connectivity index (χ4n) is 2.63. The Bertz CT molecular complexity index is 669. The lowest BCUT2D eigenvalue weighted by atomic mass is 9.95. The van der Waals surface area contributed by atoms with Gasteiger partial charge in [-0.05, 0) is 35.6 Å². The van der Waals surface area contributed by atoms with Crippen molar-refractivity contribution in [3.8, 4) is 5.75 Å². The second kappa shape index (κ2) is 7.51. The molecule has 0 aliphatic heterocycles. The summed E-state index contributed by atoms with van der Waals surface area (Å²) >= 11 is 0. The lowest BCUT2D eigenvalue weighted by Crippen LogP contribution is -2.40. The van der Waals surface area contributed by atoms with Crippen molar-refractivity contribution in [2.75, 3.05) is 20.2 Å². The van der Waals surface area contributed by atoms with Gasteiger partial charge in [-0.3, -0.25) is 9.48 Å². The molecular formula is C19H27N3O2. The molecule has 0 atom stereocenters. The highest BCUT2D eigenvalue weighted by Gasteiger charge is 2.23. The monoisotopic (exact) mass is 329 g/mol. The Morgan fingerprint density at radius 1 is 1.21 bits per heavy atom. The summed E-state index contributed by atoms with van der Waals surface area (Å²) < 4.78 is 6.82. The van der Waals surface area contributed by atoms with E-state index < -0.39 is 0 Å². The second-order valence-corrected chi connectivity index (χ2v) is 7.23. The van der Waals surface area contributed by atoms with E-state index in [0.717, 1.165) is 12.2 Å². The zero-order chi connectivity index (χ0) is 17.7. The van der Waals surface area contributed by atoms with E-state index in [4.69, 9.17) is 4.74 Å². The minimum absolute atomic E-state index is 0.0263. The summed E-state index contributed by atoms with van der Waals surface area (Å²) in [4.78, 5) is 14.8. The first-order valence-corrected chi connectivity index (χ1v) is 8.20. The van der Waals surface area contributed by atoms with E-state index in [2.05, 4.69) is 25.9 Å². The molecule has 1 aromatic carbocycles. The highest BCUT2D eigenvalue weighted by atomic mass is 16.5. The molecule has 0 unspecified atom stereocenters. The van der Waals surface area contributed by atoms with Crippen molar-refractivity contribution in [1.82, 2.24) is 14.7 Å². The number of amides is 1. The van der Waals surface area contributed by atoms with Gasteiger partial charge in [-0.1, -0.05) is 32.9 Å². The third-order valence-electron chi connectivity index (χ3n) is 3.82. The van der Waals surface area contributed by atoms with Crippen molar-refractivity contribution in [2.24, 2.45) is 12.5 Å². The molecule has 24 heavy (non-hydrogen) atoms. The van der Waals surface area contributed by atoms with Gasteiger partial charge in [-0.2, -0.15) is 5.10 Å². The van der Waals surface area contributed by atoms with E-state index in [9.17, 15) is 4.79 Å². The molecule has 5 nitrogen and oxygen atoms in total. The third-order valence-corrected chi connectivity index (χ3v) is 3.82. The largest absolute Gasteiger partial charge is 0.497 e. The van der Waals surface area contributed by atoms with Crippen LogP contribution < -0.4 is 4.74 Å². The summed E-state index contributed by atoms with van der Waals surface area (Å²) in [5.74, 6) is 0.870. The van der Waals surface area contributed by atoms with Crippen molar-refractivity contribution in [2.45, 2.75) is 27.2 Å². The number of methoxy groups -OCH3 is 1. The van der Waals surface area contributed by atoms with E-state index in [-0.39, 0.29) is 11.3 Å². The van der Waals surface area contributed by atoms with Gasteiger partial charge in [-0.15, -0.1) is 0 Å². The Hall–Kier alpha value is -2.30. The normalized spacial score (nSPS) is 11.4. The third kappa shape index (κ3) is 4.85. The lowest BCUT2D eigenvalue weighted by Gasteiger charge is -2.30. The molecule has 1 aromatic heterocycles. The van der Waals surface area contributed by atoms with Crippen molar-refractivity contribution < 1.29 is 9.53 Å². The summed E-state index contributed by atoms with van der Waals surface area (Å²) in [6.07, 6.45) is 2.47. The van der Waals surface area contributed by atoms with Gasteiger partial charge in [0.25, 0.3) is 5.91 Å². The van der Waals surface area contributed by atoms with Crippen molar-refractivity contribution >= 4 is 5.91 Å². The van der Waals surface area contributed by atoms with Crippen LogP contribution in [0.5, 0.6) is 5.75 Å². The number of carbonyl (C=O) groups is 1. The smallest absolute Gasteiger partial charge is 0.272 e. The predicted octanol–water partition coefficient (Wildman–Crippen LogP) is 3.16. The fraction of sp³-hybridized carbons (Fsp3) is 0.474. The molecule has 1 heterocycles. The number of aromatic nitrogens is 2. The molecule has 0 radical (unpaired) electrons. The van der Waals surface area contributed by atoms with Crippen molar-refractivity contribution in [1.29, 1.82) is 0 Å². The number of ether oxygens (including phenoxy) is 1. The number of aryl methyl sites for hydroxylation is 1. The van der Waals surface area contributed by atoms with Gasteiger partial charge < -0.3 is 9.64 Å². The molecule has 1 amide bonds. The van der Waals surface area contributed by atoms with E-state index >= 15 is 0 Å². The van der Waals surface area contributed by atoms with Gasteiger partial charge in [-0.25, -0.2) is 0 Å². The molecule has 0 fully saturated rings. The number of hydrogen-bond acceptors (Lipinski definition) is 3. The number of carbonyl (C=O) groups excluding carboxylic acids is 1. The van der Waals surface area contributed by atoms with Gasteiger partial charge in [0, 0.05) is 26.3 Å². The summed E-state index contributed by atoms with van der Waals surface area (Å²) in [6, 6.07) is 9.76. The highest BCUT2D eigenvalue weighted by molar-refractivity contribution is 5.92. The summed E-state index contributed by atoms with van der Waals surface area (Å²) in [5, 5.41) is 4.11. The number of benzene rings is 1. The maximum Gasteiger partial charge on any atom is 0.272 e. The topological polar surface area (TPSA) is 47.4 Å². The number of rotatable bonds is 6. The van der Waals surface area contributed by atoms with Gasteiger partial charge >= 0.3 is 0 Å². The molecule has 130 valence electrons. The average Bonchev–Trinajstić information content (AvgIpc) is 2.96. The Kier molecular flexibility index (Phi) is 5.65. The molecular weight excluding hydrogens is 302 g/mol. The SMILES string of the molecule is COc1ccc(CCN(CC(C)(C)C)C(=O)c2ccnn2C)cc1. The van der Waals surface area contributed by atoms with Gasteiger partial charge in [0.2, 0.25) is 0 Å².